The zero-order chi connectivity index (χ0) is 39.4. The van der Waals surface area contributed by atoms with E-state index in [4.69, 9.17) is 4.74 Å². The molecule has 3 N–H and O–H groups in total. The van der Waals surface area contributed by atoms with Gasteiger partial charge in [-0.2, -0.15) is 0 Å². The van der Waals surface area contributed by atoms with Gasteiger partial charge in [0, 0.05) is 12.8 Å². The van der Waals surface area contributed by atoms with Crippen molar-refractivity contribution in [3.8, 4) is 0 Å². The van der Waals surface area contributed by atoms with Crippen molar-refractivity contribution in [3.63, 3.8) is 0 Å². The van der Waals surface area contributed by atoms with Gasteiger partial charge in [-0.15, -0.1) is 0 Å². The van der Waals surface area contributed by atoms with Crippen LogP contribution >= 0.6 is 0 Å². The molecule has 0 aliphatic heterocycles. The monoisotopic (exact) mass is 760 g/mol. The van der Waals surface area contributed by atoms with Crippen LogP contribution in [-0.2, 0) is 14.3 Å². The summed E-state index contributed by atoms with van der Waals surface area (Å²) in [6, 6.07) is -0.640. The number of hydrogen-bond acceptors (Lipinski definition) is 5. The van der Waals surface area contributed by atoms with Crippen molar-refractivity contribution in [2.75, 3.05) is 13.2 Å². The molecule has 6 nitrogen and oxygen atoms in total. The van der Waals surface area contributed by atoms with Crippen LogP contribution in [0.4, 0.5) is 0 Å². The van der Waals surface area contributed by atoms with E-state index in [9.17, 15) is 19.8 Å². The molecule has 0 heterocycles. The summed E-state index contributed by atoms with van der Waals surface area (Å²) in [7, 11) is 0. The molecule has 0 aromatic carbocycles. The molecule has 0 aromatic heterocycles. The summed E-state index contributed by atoms with van der Waals surface area (Å²) in [6.07, 6.45) is 51.3. The maximum atomic E-state index is 12.3. The Morgan fingerprint density at radius 1 is 0.519 bits per heavy atom. The zero-order valence-corrected chi connectivity index (χ0v) is 35.7. The molecule has 0 bridgehead atoms. The smallest absolute Gasteiger partial charge is 0.305 e. The van der Waals surface area contributed by atoms with E-state index < -0.39 is 12.1 Å². The lowest BCUT2D eigenvalue weighted by atomic mass is 10.0. The van der Waals surface area contributed by atoms with Crippen LogP contribution in [0.15, 0.2) is 36.5 Å². The van der Waals surface area contributed by atoms with Crippen LogP contribution in [0.5, 0.6) is 0 Å². The van der Waals surface area contributed by atoms with Crippen molar-refractivity contribution in [2.24, 2.45) is 0 Å². The first-order valence-corrected chi connectivity index (χ1v) is 23.3. The number of rotatable bonds is 42. The van der Waals surface area contributed by atoms with E-state index in [2.05, 4.69) is 43.5 Å². The van der Waals surface area contributed by atoms with Crippen LogP contribution in [0.3, 0.4) is 0 Å². The lowest BCUT2D eigenvalue weighted by Crippen LogP contribution is -2.45. The van der Waals surface area contributed by atoms with Crippen LogP contribution in [0, 0.1) is 0 Å². The van der Waals surface area contributed by atoms with Gasteiger partial charge in [0.15, 0.2) is 0 Å². The van der Waals surface area contributed by atoms with E-state index in [0.29, 0.717) is 19.4 Å². The van der Waals surface area contributed by atoms with Crippen LogP contribution in [0.2, 0.25) is 0 Å². The van der Waals surface area contributed by atoms with Crippen molar-refractivity contribution in [3.05, 3.63) is 36.5 Å². The highest BCUT2D eigenvalue weighted by Crippen LogP contribution is 2.14. The van der Waals surface area contributed by atoms with Gasteiger partial charge in [0.1, 0.15) is 0 Å². The number of aliphatic hydroxyl groups is 2. The van der Waals surface area contributed by atoms with Gasteiger partial charge in [-0.25, -0.2) is 0 Å². The Hall–Kier alpha value is -1.92. The van der Waals surface area contributed by atoms with Crippen molar-refractivity contribution >= 4 is 11.9 Å². The number of ether oxygens (including phenoxy) is 1. The van der Waals surface area contributed by atoms with E-state index in [1.807, 2.05) is 6.08 Å². The minimum Gasteiger partial charge on any atom is -0.466 e. The molecule has 0 spiro atoms. The van der Waals surface area contributed by atoms with Gasteiger partial charge in [-0.1, -0.05) is 192 Å². The fourth-order valence-corrected chi connectivity index (χ4v) is 6.78. The molecule has 0 fully saturated rings. The molecule has 0 saturated heterocycles. The van der Waals surface area contributed by atoms with Crippen LogP contribution in [-0.4, -0.2) is 47.4 Å². The number of carbonyl (C=O) groups is 2. The van der Waals surface area contributed by atoms with E-state index in [-0.39, 0.29) is 18.5 Å². The number of amides is 1. The summed E-state index contributed by atoms with van der Waals surface area (Å²) in [5.41, 5.74) is 0. The highest BCUT2D eigenvalue weighted by atomic mass is 16.5. The Morgan fingerprint density at radius 3 is 1.44 bits per heavy atom. The molecule has 0 rings (SSSR count). The Bertz CT molecular complexity index is 884. The number of esters is 1. The Balaban J connectivity index is 3.48. The lowest BCUT2D eigenvalue weighted by Gasteiger charge is -2.20. The van der Waals surface area contributed by atoms with Gasteiger partial charge in [0.2, 0.25) is 5.91 Å². The first kappa shape index (κ1) is 52.1. The van der Waals surface area contributed by atoms with Gasteiger partial charge in [-0.05, 0) is 64.2 Å². The third-order valence-corrected chi connectivity index (χ3v) is 10.4. The lowest BCUT2D eigenvalue weighted by molar-refractivity contribution is -0.143. The number of nitrogens with one attached hydrogen (secondary N) is 1. The highest BCUT2D eigenvalue weighted by Gasteiger charge is 2.18. The zero-order valence-electron chi connectivity index (χ0n) is 35.7. The van der Waals surface area contributed by atoms with E-state index in [1.165, 1.54) is 141 Å². The number of allylic oxidation sites excluding steroid dienone is 5. The van der Waals surface area contributed by atoms with Crippen molar-refractivity contribution in [2.45, 2.75) is 244 Å². The average Bonchev–Trinajstić information content (AvgIpc) is 3.17. The number of hydrogen-bond donors (Lipinski definition) is 3. The van der Waals surface area contributed by atoms with E-state index in [0.717, 1.165) is 64.2 Å². The summed E-state index contributed by atoms with van der Waals surface area (Å²) in [5, 5.41) is 22.8. The highest BCUT2D eigenvalue weighted by molar-refractivity contribution is 5.76. The average molecular weight is 760 g/mol. The third-order valence-electron chi connectivity index (χ3n) is 10.4. The van der Waals surface area contributed by atoms with E-state index >= 15 is 0 Å². The second kappa shape index (κ2) is 43.8. The molecule has 6 heteroatoms. The summed E-state index contributed by atoms with van der Waals surface area (Å²) < 4.78 is 5.45. The molecule has 54 heavy (non-hydrogen) atoms. The Kier molecular flexibility index (Phi) is 42.2. The first-order valence-electron chi connectivity index (χ1n) is 23.3. The van der Waals surface area contributed by atoms with Crippen molar-refractivity contribution in [1.29, 1.82) is 0 Å². The van der Waals surface area contributed by atoms with Gasteiger partial charge in [0.05, 0.1) is 25.4 Å². The van der Waals surface area contributed by atoms with Crippen LogP contribution in [0.25, 0.3) is 0 Å². The summed E-state index contributed by atoms with van der Waals surface area (Å²) in [4.78, 5) is 24.4. The van der Waals surface area contributed by atoms with Gasteiger partial charge < -0.3 is 20.3 Å². The minimum absolute atomic E-state index is 0.0246. The summed E-state index contributed by atoms with van der Waals surface area (Å²) in [5.74, 6) is -0.116. The van der Waals surface area contributed by atoms with Crippen LogP contribution in [0.1, 0.15) is 232 Å². The topological polar surface area (TPSA) is 95.9 Å². The maximum absolute atomic E-state index is 12.3. The Labute approximate surface area is 334 Å². The minimum atomic E-state index is -0.855. The number of carbonyl (C=O) groups excluding carboxylic acids is 2. The second-order valence-electron chi connectivity index (χ2n) is 15.7. The fourth-order valence-electron chi connectivity index (χ4n) is 6.78. The van der Waals surface area contributed by atoms with Crippen molar-refractivity contribution in [1.82, 2.24) is 5.32 Å². The number of aliphatic hydroxyl groups excluding tert-OH is 2. The molecule has 1 amide bonds. The van der Waals surface area contributed by atoms with E-state index in [1.54, 1.807) is 6.08 Å². The molecule has 316 valence electrons. The number of unbranched alkanes of at least 4 members (excludes halogenated alkanes) is 27. The predicted octanol–water partition coefficient (Wildman–Crippen LogP) is 13.3. The normalized spacial score (nSPS) is 13.0. The Morgan fingerprint density at radius 2 is 0.926 bits per heavy atom. The molecule has 0 radical (unpaired) electrons. The standard InChI is InChI=1S/C48H89NO5/c1-3-5-7-9-11-13-14-15-16-17-18-19-22-26-30-34-38-42-48(53)54-43-39-35-31-27-23-20-21-25-29-33-37-41-47(52)49-45(44-50)46(51)40-36-32-28-24-12-10-8-6-4-2/h11,13,15-16,36,40,45-46,50-51H,3-10,12,14,17-35,37-39,41-44H2,1-2H3,(H,49,52)/b13-11-,16-15-,40-36+. The maximum Gasteiger partial charge on any atom is 0.305 e. The molecular formula is C48H89NO5. The SMILES string of the molecule is CCCCC/C=C\C/C=C\CCCCCCCCCC(=O)OCCCCCCCCCCCCCC(=O)NC(CO)C(O)/C=C/CCCCCCCCC. The molecule has 2 atom stereocenters. The van der Waals surface area contributed by atoms with Gasteiger partial charge in [-0.3, -0.25) is 9.59 Å². The van der Waals surface area contributed by atoms with Gasteiger partial charge in [0.25, 0.3) is 0 Å². The summed E-state index contributed by atoms with van der Waals surface area (Å²) >= 11 is 0. The summed E-state index contributed by atoms with van der Waals surface area (Å²) in [6.45, 7) is 4.79. The molecular weight excluding hydrogens is 671 g/mol. The molecule has 2 unspecified atom stereocenters. The fraction of sp³-hybridized carbons (Fsp3) is 0.833. The quantitative estimate of drug-likeness (QED) is 0.0327. The largest absolute Gasteiger partial charge is 0.466 e. The third kappa shape index (κ3) is 39.8. The predicted molar refractivity (Wildman–Crippen MR) is 232 cm³/mol. The van der Waals surface area contributed by atoms with Crippen molar-refractivity contribution < 1.29 is 24.5 Å². The molecule has 0 aliphatic carbocycles. The van der Waals surface area contributed by atoms with Crippen LogP contribution < -0.4 is 5.32 Å². The molecule has 0 aromatic rings. The first-order chi connectivity index (χ1) is 26.5. The van der Waals surface area contributed by atoms with Gasteiger partial charge >= 0.3 is 5.97 Å². The molecule has 0 aliphatic rings. The second-order valence-corrected chi connectivity index (χ2v) is 15.7. The molecule has 0 saturated carbocycles.